The molecule has 1 aromatic carbocycles. The van der Waals surface area contributed by atoms with Crippen molar-refractivity contribution in [2.24, 2.45) is 0 Å². The number of thiocarbonyl (C=S) groups is 1. The fourth-order valence-corrected chi connectivity index (χ4v) is 2.23. The molecular formula is C15H11ClF4N4OS. The maximum Gasteiger partial charge on any atom is 0.433 e. The van der Waals surface area contributed by atoms with E-state index >= 15 is 0 Å². The minimum atomic E-state index is -4.60. The second-order valence-electron chi connectivity index (χ2n) is 4.99. The highest BCUT2D eigenvalue weighted by molar-refractivity contribution is 7.80. The van der Waals surface area contributed by atoms with Crippen molar-refractivity contribution in [3.05, 3.63) is 58.1 Å². The van der Waals surface area contributed by atoms with Crippen LogP contribution in [0.2, 0.25) is 5.02 Å². The number of aryl methyl sites for hydroxylation is 1. The highest BCUT2D eigenvalue weighted by atomic mass is 35.5. The second-order valence-corrected chi connectivity index (χ2v) is 5.80. The molecule has 0 bridgehead atoms. The van der Waals surface area contributed by atoms with E-state index in [1.165, 1.54) is 19.1 Å². The summed E-state index contributed by atoms with van der Waals surface area (Å²) >= 11 is 10.6. The lowest BCUT2D eigenvalue weighted by molar-refractivity contribution is -0.141. The summed E-state index contributed by atoms with van der Waals surface area (Å²) in [6.07, 6.45) is -4.60. The molecule has 1 heterocycles. The molecule has 26 heavy (non-hydrogen) atoms. The van der Waals surface area contributed by atoms with Crippen LogP contribution < -0.4 is 16.2 Å². The first-order valence-corrected chi connectivity index (χ1v) is 7.74. The predicted octanol–water partition coefficient (Wildman–Crippen LogP) is 3.83. The second kappa shape index (κ2) is 7.83. The maximum atomic E-state index is 13.1. The molecule has 0 unspecified atom stereocenters. The Morgan fingerprint density at radius 3 is 2.46 bits per heavy atom. The van der Waals surface area contributed by atoms with Crippen LogP contribution in [0.3, 0.4) is 0 Å². The third-order valence-electron chi connectivity index (χ3n) is 3.09. The average molecular weight is 407 g/mol. The van der Waals surface area contributed by atoms with Gasteiger partial charge in [0.25, 0.3) is 5.91 Å². The quantitative estimate of drug-likeness (QED) is 0.402. The number of pyridine rings is 1. The number of alkyl halides is 3. The van der Waals surface area contributed by atoms with Crippen molar-refractivity contribution in [3.8, 4) is 0 Å². The van der Waals surface area contributed by atoms with E-state index in [0.717, 1.165) is 12.1 Å². The van der Waals surface area contributed by atoms with Crippen molar-refractivity contribution in [1.29, 1.82) is 0 Å². The van der Waals surface area contributed by atoms with Crippen LogP contribution in [0.4, 0.5) is 23.2 Å². The van der Waals surface area contributed by atoms with Gasteiger partial charge < -0.3 is 5.32 Å². The molecule has 0 fully saturated rings. The van der Waals surface area contributed by atoms with Crippen LogP contribution in [0, 0.1) is 12.7 Å². The molecule has 0 atom stereocenters. The van der Waals surface area contributed by atoms with Crippen molar-refractivity contribution in [3.63, 3.8) is 0 Å². The highest BCUT2D eigenvalue weighted by Crippen LogP contribution is 2.28. The fourth-order valence-electron chi connectivity index (χ4n) is 1.88. The lowest BCUT2D eigenvalue weighted by atomic mass is 10.1. The minimum absolute atomic E-state index is 0.0430. The number of anilines is 1. The number of carbonyl (C=O) groups is 1. The van der Waals surface area contributed by atoms with Crippen molar-refractivity contribution in [1.82, 2.24) is 15.8 Å². The smallest absolute Gasteiger partial charge is 0.331 e. The topological polar surface area (TPSA) is 66.0 Å². The molecule has 0 spiro atoms. The Bertz CT molecular complexity index is 860. The Balaban J connectivity index is 1.97. The number of carbonyl (C=O) groups excluding carboxylic acids is 1. The summed E-state index contributed by atoms with van der Waals surface area (Å²) in [5, 5.41) is 2.49. The SMILES string of the molecule is Cc1nc(C(F)(F)F)ccc1C(=O)NNC(=S)Nc1ccc(F)c(Cl)c1. The van der Waals surface area contributed by atoms with E-state index < -0.39 is 23.6 Å². The van der Waals surface area contributed by atoms with E-state index in [2.05, 4.69) is 21.2 Å². The summed E-state index contributed by atoms with van der Waals surface area (Å²) in [5.41, 5.74) is 3.72. The van der Waals surface area contributed by atoms with Gasteiger partial charge in [0.1, 0.15) is 11.5 Å². The van der Waals surface area contributed by atoms with Crippen LogP contribution in [0.1, 0.15) is 21.7 Å². The molecule has 0 aliphatic carbocycles. The summed E-state index contributed by atoms with van der Waals surface area (Å²) in [6.45, 7) is 1.28. The molecule has 138 valence electrons. The van der Waals surface area contributed by atoms with E-state index in [1.807, 2.05) is 0 Å². The molecular weight excluding hydrogens is 396 g/mol. The number of halogens is 5. The van der Waals surface area contributed by atoms with E-state index in [4.69, 9.17) is 23.8 Å². The molecule has 0 radical (unpaired) electrons. The standard InChI is InChI=1S/C15H11ClF4N4OS/c1-7-9(3-5-12(21-7)15(18,19)20)13(25)23-24-14(26)22-8-2-4-11(17)10(16)6-8/h2-6H,1H3,(H,23,25)(H2,22,24,26). The molecule has 2 aromatic rings. The zero-order valence-electron chi connectivity index (χ0n) is 13.0. The molecule has 1 aromatic heterocycles. The monoisotopic (exact) mass is 406 g/mol. The molecule has 0 saturated heterocycles. The molecule has 3 N–H and O–H groups in total. The number of hydrogen-bond acceptors (Lipinski definition) is 3. The van der Waals surface area contributed by atoms with Gasteiger partial charge in [-0.3, -0.25) is 15.6 Å². The Kier molecular flexibility index (Phi) is 5.98. The van der Waals surface area contributed by atoms with Gasteiger partial charge >= 0.3 is 6.18 Å². The number of rotatable bonds is 2. The highest BCUT2D eigenvalue weighted by Gasteiger charge is 2.33. The average Bonchev–Trinajstić information content (AvgIpc) is 2.55. The molecule has 11 heteroatoms. The van der Waals surface area contributed by atoms with E-state index in [-0.39, 0.29) is 21.4 Å². The summed E-state index contributed by atoms with van der Waals surface area (Å²) in [5.74, 6) is -1.33. The third kappa shape index (κ3) is 5.02. The number of benzene rings is 1. The van der Waals surface area contributed by atoms with Crippen LogP contribution in [0.15, 0.2) is 30.3 Å². The van der Waals surface area contributed by atoms with Gasteiger partial charge in [0.15, 0.2) is 5.11 Å². The van der Waals surface area contributed by atoms with Crippen LogP contribution in [-0.4, -0.2) is 16.0 Å². The van der Waals surface area contributed by atoms with E-state index in [0.29, 0.717) is 11.8 Å². The summed E-state index contributed by atoms with van der Waals surface area (Å²) in [7, 11) is 0. The zero-order valence-corrected chi connectivity index (χ0v) is 14.6. The van der Waals surface area contributed by atoms with Gasteiger partial charge in [-0.2, -0.15) is 13.2 Å². The molecule has 5 nitrogen and oxygen atoms in total. The number of aromatic nitrogens is 1. The fraction of sp³-hybridized carbons (Fsp3) is 0.133. The first-order chi connectivity index (χ1) is 12.1. The van der Waals surface area contributed by atoms with Crippen LogP contribution in [-0.2, 0) is 6.18 Å². The van der Waals surface area contributed by atoms with Gasteiger partial charge in [-0.15, -0.1) is 0 Å². The lowest BCUT2D eigenvalue weighted by Gasteiger charge is -2.13. The Morgan fingerprint density at radius 1 is 1.19 bits per heavy atom. The molecule has 0 aliphatic heterocycles. The maximum absolute atomic E-state index is 13.1. The normalized spacial score (nSPS) is 11.0. The number of amides is 1. The Hall–Kier alpha value is -2.46. The van der Waals surface area contributed by atoms with Gasteiger partial charge in [0.05, 0.1) is 16.3 Å². The number of hydrogen-bond donors (Lipinski definition) is 3. The zero-order chi connectivity index (χ0) is 19.5. The number of nitrogens with zero attached hydrogens (tertiary/aromatic N) is 1. The number of nitrogens with one attached hydrogen (secondary N) is 3. The number of hydrazine groups is 1. The van der Waals surface area contributed by atoms with Gasteiger partial charge in [-0.05, 0) is 49.5 Å². The molecule has 0 aliphatic rings. The van der Waals surface area contributed by atoms with E-state index in [9.17, 15) is 22.4 Å². The first kappa shape index (κ1) is 19.9. The van der Waals surface area contributed by atoms with Gasteiger partial charge in [0, 0.05) is 5.69 Å². The van der Waals surface area contributed by atoms with Crippen molar-refractivity contribution < 1.29 is 22.4 Å². The Labute approximate surface area is 155 Å². The van der Waals surface area contributed by atoms with Gasteiger partial charge in [0.2, 0.25) is 0 Å². The van der Waals surface area contributed by atoms with Crippen molar-refractivity contribution >= 4 is 40.5 Å². The van der Waals surface area contributed by atoms with E-state index in [1.54, 1.807) is 0 Å². The summed E-state index contributed by atoms with van der Waals surface area (Å²) in [6, 6.07) is 5.51. The summed E-state index contributed by atoms with van der Waals surface area (Å²) in [4.78, 5) is 15.4. The molecule has 1 amide bonds. The largest absolute Gasteiger partial charge is 0.433 e. The minimum Gasteiger partial charge on any atom is -0.331 e. The molecule has 2 rings (SSSR count). The van der Waals surface area contributed by atoms with Crippen molar-refractivity contribution in [2.45, 2.75) is 13.1 Å². The first-order valence-electron chi connectivity index (χ1n) is 6.95. The Morgan fingerprint density at radius 2 is 1.88 bits per heavy atom. The molecule has 0 saturated carbocycles. The van der Waals surface area contributed by atoms with Gasteiger partial charge in [-0.1, -0.05) is 11.6 Å². The summed E-state index contributed by atoms with van der Waals surface area (Å²) < 4.78 is 50.8. The van der Waals surface area contributed by atoms with Gasteiger partial charge in [-0.25, -0.2) is 9.37 Å². The van der Waals surface area contributed by atoms with Crippen LogP contribution in [0.25, 0.3) is 0 Å². The van der Waals surface area contributed by atoms with Crippen LogP contribution >= 0.6 is 23.8 Å². The van der Waals surface area contributed by atoms with Crippen LogP contribution in [0.5, 0.6) is 0 Å². The predicted molar refractivity (Wildman–Crippen MR) is 92.2 cm³/mol. The van der Waals surface area contributed by atoms with Crippen molar-refractivity contribution in [2.75, 3.05) is 5.32 Å². The third-order valence-corrected chi connectivity index (χ3v) is 3.58. The lowest BCUT2D eigenvalue weighted by Crippen LogP contribution is -2.44.